The van der Waals surface area contributed by atoms with Crippen LogP contribution < -0.4 is 0 Å². The number of nitrogens with zero attached hydrogens (tertiary/aromatic N) is 3. The average Bonchev–Trinajstić information content (AvgIpc) is 3.00. The maximum Gasteiger partial charge on any atom is 0.162 e. The van der Waals surface area contributed by atoms with Gasteiger partial charge < -0.3 is 0 Å². The van der Waals surface area contributed by atoms with Gasteiger partial charge in [-0.1, -0.05) is 44.2 Å². The molecule has 0 fully saturated rings. The molecule has 0 saturated heterocycles. The first kappa shape index (κ1) is 12.3. The first-order chi connectivity index (χ1) is 9.20. The van der Waals surface area contributed by atoms with E-state index in [1.165, 1.54) is 0 Å². The van der Waals surface area contributed by atoms with Crippen molar-refractivity contribution in [3.63, 3.8) is 0 Å². The fraction of sp³-hybridized carbons (Fsp3) is 0.467. The Bertz CT molecular complexity index is 564. The second kappa shape index (κ2) is 4.76. The van der Waals surface area contributed by atoms with E-state index in [9.17, 15) is 4.39 Å². The van der Waals surface area contributed by atoms with E-state index in [1.807, 2.05) is 30.3 Å². The molecule has 1 aliphatic rings. The summed E-state index contributed by atoms with van der Waals surface area (Å²) in [6.45, 7) is 4.17. The van der Waals surface area contributed by atoms with E-state index in [0.717, 1.165) is 17.8 Å². The second-order valence-corrected chi connectivity index (χ2v) is 5.21. The van der Waals surface area contributed by atoms with Crippen molar-refractivity contribution in [1.82, 2.24) is 14.8 Å². The van der Waals surface area contributed by atoms with Gasteiger partial charge in [-0.05, 0) is 12.0 Å². The third-order valence-corrected chi connectivity index (χ3v) is 3.92. The fourth-order valence-corrected chi connectivity index (χ4v) is 2.54. The standard InChI is InChI=1S/C15H18FN3/c1-3-10(2)14-17-15-12(16)9-13(19(15)18-14)11-7-5-4-6-8-11/h4-8,10,12-13H,3,9H2,1-2H3. The van der Waals surface area contributed by atoms with Gasteiger partial charge in [0.05, 0.1) is 6.04 Å². The molecule has 0 aliphatic carbocycles. The number of rotatable bonds is 3. The van der Waals surface area contributed by atoms with Gasteiger partial charge >= 0.3 is 0 Å². The third kappa shape index (κ3) is 2.05. The maximum absolute atomic E-state index is 14.1. The van der Waals surface area contributed by atoms with Crippen LogP contribution in [0.3, 0.4) is 0 Å². The van der Waals surface area contributed by atoms with Gasteiger partial charge in [-0.25, -0.2) is 14.1 Å². The zero-order valence-corrected chi connectivity index (χ0v) is 11.3. The van der Waals surface area contributed by atoms with Gasteiger partial charge in [0.1, 0.15) is 0 Å². The Hall–Kier alpha value is -1.71. The molecule has 3 rings (SSSR count). The van der Waals surface area contributed by atoms with Gasteiger partial charge in [-0.3, -0.25) is 0 Å². The van der Waals surface area contributed by atoms with E-state index in [2.05, 4.69) is 23.9 Å². The number of alkyl halides is 1. The van der Waals surface area contributed by atoms with Gasteiger partial charge in [0.15, 0.2) is 17.8 Å². The van der Waals surface area contributed by atoms with Crippen molar-refractivity contribution in [3.05, 3.63) is 47.5 Å². The molecule has 3 unspecified atom stereocenters. The van der Waals surface area contributed by atoms with E-state index in [1.54, 1.807) is 4.68 Å². The Morgan fingerprint density at radius 2 is 2.11 bits per heavy atom. The van der Waals surface area contributed by atoms with Crippen LogP contribution in [0.25, 0.3) is 0 Å². The van der Waals surface area contributed by atoms with E-state index >= 15 is 0 Å². The molecule has 3 atom stereocenters. The van der Waals surface area contributed by atoms with Crippen molar-refractivity contribution in [2.45, 2.75) is 44.8 Å². The molecule has 100 valence electrons. The lowest BCUT2D eigenvalue weighted by Gasteiger charge is -2.12. The molecule has 4 heteroatoms. The number of hydrogen-bond acceptors (Lipinski definition) is 2. The second-order valence-electron chi connectivity index (χ2n) is 5.21. The quantitative estimate of drug-likeness (QED) is 0.839. The molecule has 1 aromatic heterocycles. The van der Waals surface area contributed by atoms with Gasteiger partial charge in [-0.15, -0.1) is 0 Å². The average molecular weight is 259 g/mol. The summed E-state index contributed by atoms with van der Waals surface area (Å²) in [7, 11) is 0. The van der Waals surface area contributed by atoms with Crippen molar-refractivity contribution in [2.75, 3.05) is 0 Å². The van der Waals surface area contributed by atoms with Crippen molar-refractivity contribution in [3.8, 4) is 0 Å². The van der Waals surface area contributed by atoms with Crippen LogP contribution in [-0.4, -0.2) is 14.8 Å². The maximum atomic E-state index is 14.1. The number of fused-ring (bicyclic) bond motifs is 1. The van der Waals surface area contributed by atoms with Crippen molar-refractivity contribution in [2.24, 2.45) is 0 Å². The molecule has 1 aliphatic heterocycles. The van der Waals surface area contributed by atoms with Crippen LogP contribution in [0, 0.1) is 0 Å². The van der Waals surface area contributed by atoms with Gasteiger partial charge in [-0.2, -0.15) is 5.10 Å². The Labute approximate surface area is 112 Å². The van der Waals surface area contributed by atoms with Crippen LogP contribution >= 0.6 is 0 Å². The lowest BCUT2D eigenvalue weighted by atomic mass is 10.0. The molecular formula is C15H18FN3. The van der Waals surface area contributed by atoms with Crippen molar-refractivity contribution < 1.29 is 4.39 Å². The Morgan fingerprint density at radius 1 is 1.37 bits per heavy atom. The topological polar surface area (TPSA) is 30.7 Å². The monoisotopic (exact) mass is 259 g/mol. The highest BCUT2D eigenvalue weighted by atomic mass is 19.1. The molecule has 0 spiro atoms. The van der Waals surface area contributed by atoms with Gasteiger partial charge in [0.2, 0.25) is 0 Å². The lowest BCUT2D eigenvalue weighted by Crippen LogP contribution is -2.08. The van der Waals surface area contributed by atoms with E-state index < -0.39 is 6.17 Å². The van der Waals surface area contributed by atoms with Crippen molar-refractivity contribution >= 4 is 0 Å². The van der Waals surface area contributed by atoms with Crippen LogP contribution in [0.2, 0.25) is 0 Å². The molecule has 3 nitrogen and oxygen atoms in total. The summed E-state index contributed by atoms with van der Waals surface area (Å²) in [6, 6.07) is 9.96. The van der Waals surface area contributed by atoms with Crippen LogP contribution in [0.15, 0.2) is 30.3 Å². The third-order valence-electron chi connectivity index (χ3n) is 3.92. The number of benzene rings is 1. The fourth-order valence-electron chi connectivity index (χ4n) is 2.54. The Balaban J connectivity index is 1.99. The SMILES string of the molecule is CCC(C)c1nc2n(n1)C(c1ccccc1)CC2F. The highest BCUT2D eigenvalue weighted by Gasteiger charge is 2.35. The lowest BCUT2D eigenvalue weighted by molar-refractivity contribution is 0.327. The minimum atomic E-state index is -1.00. The first-order valence-electron chi connectivity index (χ1n) is 6.86. The smallest absolute Gasteiger partial charge is 0.162 e. The Kier molecular flexibility index (Phi) is 3.09. The Morgan fingerprint density at radius 3 is 2.79 bits per heavy atom. The highest BCUT2D eigenvalue weighted by molar-refractivity contribution is 5.23. The number of hydrogen-bond donors (Lipinski definition) is 0. The summed E-state index contributed by atoms with van der Waals surface area (Å²) in [4.78, 5) is 4.40. The molecular weight excluding hydrogens is 241 g/mol. The predicted octanol–water partition coefficient (Wildman–Crippen LogP) is 3.80. The first-order valence-corrected chi connectivity index (χ1v) is 6.86. The molecule has 0 amide bonds. The summed E-state index contributed by atoms with van der Waals surface area (Å²) >= 11 is 0. The van der Waals surface area contributed by atoms with E-state index in [0.29, 0.717) is 12.2 Å². The van der Waals surface area contributed by atoms with Crippen molar-refractivity contribution in [1.29, 1.82) is 0 Å². The summed E-state index contributed by atoms with van der Waals surface area (Å²) < 4.78 is 15.9. The number of halogens is 1. The largest absolute Gasteiger partial charge is 0.239 e. The molecule has 0 bridgehead atoms. The summed E-state index contributed by atoms with van der Waals surface area (Å²) in [6.07, 6.45) is 0.409. The normalized spacial score (nSPS) is 23.3. The van der Waals surface area contributed by atoms with Crippen LogP contribution in [-0.2, 0) is 0 Å². The summed E-state index contributed by atoms with van der Waals surface area (Å²) in [5.41, 5.74) is 1.10. The van der Waals surface area contributed by atoms with Crippen LogP contribution in [0.4, 0.5) is 4.39 Å². The molecule has 0 N–H and O–H groups in total. The molecule has 2 heterocycles. The molecule has 0 radical (unpaired) electrons. The molecule has 1 aromatic carbocycles. The minimum Gasteiger partial charge on any atom is -0.239 e. The van der Waals surface area contributed by atoms with E-state index in [-0.39, 0.29) is 12.0 Å². The zero-order chi connectivity index (χ0) is 13.4. The summed E-state index contributed by atoms with van der Waals surface area (Å²) in [5.74, 6) is 1.53. The van der Waals surface area contributed by atoms with E-state index in [4.69, 9.17) is 0 Å². The van der Waals surface area contributed by atoms with Crippen LogP contribution in [0.1, 0.15) is 62.0 Å². The van der Waals surface area contributed by atoms with Gasteiger partial charge in [0.25, 0.3) is 0 Å². The number of aromatic nitrogens is 3. The zero-order valence-electron chi connectivity index (χ0n) is 11.3. The summed E-state index contributed by atoms with van der Waals surface area (Å²) in [5, 5.41) is 4.54. The molecule has 2 aromatic rings. The molecule has 0 saturated carbocycles. The highest BCUT2D eigenvalue weighted by Crippen LogP contribution is 2.39. The van der Waals surface area contributed by atoms with Crippen LogP contribution in [0.5, 0.6) is 0 Å². The molecule has 19 heavy (non-hydrogen) atoms. The minimum absolute atomic E-state index is 0.0171. The van der Waals surface area contributed by atoms with Gasteiger partial charge in [0, 0.05) is 12.3 Å². The predicted molar refractivity (Wildman–Crippen MR) is 71.8 cm³/mol.